The van der Waals surface area contributed by atoms with Crippen LogP contribution in [0.5, 0.6) is 0 Å². The third-order valence-electron chi connectivity index (χ3n) is 3.71. The molecule has 2 N–H and O–H groups in total. The van der Waals surface area contributed by atoms with E-state index >= 15 is 0 Å². The minimum absolute atomic E-state index is 0.113. The van der Waals surface area contributed by atoms with Gasteiger partial charge in [0.2, 0.25) is 11.7 Å². The molecule has 0 bridgehead atoms. The van der Waals surface area contributed by atoms with Gasteiger partial charge >= 0.3 is 0 Å². The first-order chi connectivity index (χ1) is 9.09. The fourth-order valence-electron chi connectivity index (χ4n) is 2.27. The van der Waals surface area contributed by atoms with Crippen molar-refractivity contribution in [2.24, 2.45) is 5.73 Å². The Bertz CT molecular complexity index is 596. The zero-order valence-corrected chi connectivity index (χ0v) is 11.1. The third kappa shape index (κ3) is 2.05. The van der Waals surface area contributed by atoms with Crippen molar-refractivity contribution in [3.63, 3.8) is 0 Å². The predicted molar refractivity (Wildman–Crippen MR) is 70.6 cm³/mol. The van der Waals surface area contributed by atoms with Gasteiger partial charge in [-0.15, -0.1) is 0 Å². The van der Waals surface area contributed by atoms with Gasteiger partial charge in [-0.3, -0.25) is 0 Å². The molecule has 1 fully saturated rings. The quantitative estimate of drug-likeness (QED) is 0.887. The van der Waals surface area contributed by atoms with Crippen LogP contribution in [0, 0.1) is 6.92 Å². The maximum atomic E-state index is 6.06. The summed E-state index contributed by atoms with van der Waals surface area (Å²) in [5.74, 6) is 1.15. The van der Waals surface area contributed by atoms with E-state index in [4.69, 9.17) is 15.0 Å². The molecule has 0 spiro atoms. The number of hydrogen-bond acceptors (Lipinski definition) is 5. The fourth-order valence-corrected chi connectivity index (χ4v) is 2.27. The SMILES string of the molecule is Cc1cccc(-c2noc(C3(C)COCC3N)n2)c1. The first kappa shape index (κ1) is 12.3. The second kappa shape index (κ2) is 4.43. The van der Waals surface area contributed by atoms with Crippen LogP contribution in [-0.2, 0) is 10.2 Å². The van der Waals surface area contributed by atoms with Gasteiger partial charge in [0.1, 0.15) is 0 Å². The number of nitrogens with two attached hydrogens (primary N) is 1. The van der Waals surface area contributed by atoms with Crippen molar-refractivity contribution in [1.29, 1.82) is 0 Å². The van der Waals surface area contributed by atoms with Gasteiger partial charge in [-0.1, -0.05) is 28.9 Å². The van der Waals surface area contributed by atoms with Crippen molar-refractivity contribution in [3.05, 3.63) is 35.7 Å². The van der Waals surface area contributed by atoms with Crippen LogP contribution in [0.3, 0.4) is 0 Å². The summed E-state index contributed by atoms with van der Waals surface area (Å²) in [7, 11) is 0. The maximum absolute atomic E-state index is 6.06. The topological polar surface area (TPSA) is 74.2 Å². The average Bonchev–Trinajstić information content (AvgIpc) is 2.99. The molecular formula is C14H17N3O2. The Balaban J connectivity index is 1.96. The van der Waals surface area contributed by atoms with Crippen LogP contribution in [0.1, 0.15) is 18.4 Å². The molecule has 0 radical (unpaired) electrons. The highest BCUT2D eigenvalue weighted by molar-refractivity contribution is 5.55. The molecule has 2 atom stereocenters. The van der Waals surface area contributed by atoms with Crippen LogP contribution in [0.2, 0.25) is 0 Å². The number of rotatable bonds is 2. The molecule has 1 aromatic heterocycles. The second-order valence-corrected chi connectivity index (χ2v) is 5.33. The van der Waals surface area contributed by atoms with E-state index in [0.29, 0.717) is 24.9 Å². The van der Waals surface area contributed by atoms with Gasteiger partial charge in [-0.05, 0) is 19.9 Å². The van der Waals surface area contributed by atoms with E-state index in [1.165, 1.54) is 0 Å². The highest BCUT2D eigenvalue weighted by atomic mass is 16.5. The summed E-state index contributed by atoms with van der Waals surface area (Å²) in [5.41, 5.74) is 7.78. The molecule has 1 aliphatic rings. The summed E-state index contributed by atoms with van der Waals surface area (Å²) < 4.78 is 10.8. The first-order valence-electron chi connectivity index (χ1n) is 6.34. The molecule has 1 saturated heterocycles. The van der Waals surface area contributed by atoms with Gasteiger partial charge in [0.25, 0.3) is 0 Å². The molecule has 0 amide bonds. The van der Waals surface area contributed by atoms with Crippen molar-refractivity contribution in [2.75, 3.05) is 13.2 Å². The van der Waals surface area contributed by atoms with Crippen LogP contribution in [0.25, 0.3) is 11.4 Å². The molecule has 2 aromatic rings. The Labute approximate surface area is 111 Å². The van der Waals surface area contributed by atoms with Crippen LogP contribution >= 0.6 is 0 Å². The normalized spacial score (nSPS) is 26.8. The predicted octanol–water partition coefficient (Wildman–Crippen LogP) is 1.66. The lowest BCUT2D eigenvalue weighted by atomic mass is 9.86. The van der Waals surface area contributed by atoms with Crippen molar-refractivity contribution in [1.82, 2.24) is 10.1 Å². The Morgan fingerprint density at radius 2 is 2.26 bits per heavy atom. The molecule has 3 rings (SSSR count). The van der Waals surface area contributed by atoms with Crippen LogP contribution in [-0.4, -0.2) is 29.4 Å². The van der Waals surface area contributed by atoms with E-state index in [2.05, 4.69) is 10.1 Å². The monoisotopic (exact) mass is 259 g/mol. The number of aryl methyl sites for hydroxylation is 1. The standard InChI is InChI=1S/C14H17N3O2/c1-9-4-3-5-10(6-9)12-16-13(19-17-12)14(2)8-18-7-11(14)15/h3-6,11H,7-8,15H2,1-2H3. The molecule has 2 unspecified atom stereocenters. The molecule has 0 aliphatic carbocycles. The summed E-state index contributed by atoms with van der Waals surface area (Å²) in [6.07, 6.45) is 0. The van der Waals surface area contributed by atoms with Gasteiger partial charge in [0.05, 0.1) is 18.6 Å². The molecule has 5 heteroatoms. The van der Waals surface area contributed by atoms with E-state index in [1.807, 2.05) is 38.1 Å². The van der Waals surface area contributed by atoms with Crippen LogP contribution < -0.4 is 5.73 Å². The highest BCUT2D eigenvalue weighted by Crippen LogP contribution is 2.31. The van der Waals surface area contributed by atoms with Crippen molar-refractivity contribution in [2.45, 2.75) is 25.3 Å². The molecular weight excluding hydrogens is 242 g/mol. The number of hydrogen-bond donors (Lipinski definition) is 1. The number of nitrogens with zero attached hydrogens (tertiary/aromatic N) is 2. The second-order valence-electron chi connectivity index (χ2n) is 5.33. The fraction of sp³-hybridized carbons (Fsp3) is 0.429. The van der Waals surface area contributed by atoms with Crippen LogP contribution in [0.4, 0.5) is 0 Å². The van der Waals surface area contributed by atoms with E-state index in [0.717, 1.165) is 11.1 Å². The number of ether oxygens (including phenoxy) is 1. The largest absolute Gasteiger partial charge is 0.379 e. The summed E-state index contributed by atoms with van der Waals surface area (Å²) >= 11 is 0. The maximum Gasteiger partial charge on any atom is 0.236 e. The summed E-state index contributed by atoms with van der Waals surface area (Å²) in [6.45, 7) is 5.08. The average molecular weight is 259 g/mol. The highest BCUT2D eigenvalue weighted by Gasteiger charge is 2.44. The zero-order valence-electron chi connectivity index (χ0n) is 11.1. The minimum Gasteiger partial charge on any atom is -0.379 e. The molecule has 19 heavy (non-hydrogen) atoms. The van der Waals surface area contributed by atoms with E-state index < -0.39 is 5.41 Å². The molecule has 1 aliphatic heterocycles. The minimum atomic E-state index is -0.394. The summed E-state index contributed by atoms with van der Waals surface area (Å²) in [5, 5.41) is 4.05. The van der Waals surface area contributed by atoms with Gasteiger partial charge < -0.3 is 15.0 Å². The smallest absolute Gasteiger partial charge is 0.236 e. The van der Waals surface area contributed by atoms with E-state index in [9.17, 15) is 0 Å². The van der Waals surface area contributed by atoms with Gasteiger partial charge in [-0.2, -0.15) is 4.98 Å². The Kier molecular flexibility index (Phi) is 2.88. The summed E-state index contributed by atoms with van der Waals surface area (Å²) in [6, 6.07) is 7.90. The van der Waals surface area contributed by atoms with Crippen LogP contribution in [0.15, 0.2) is 28.8 Å². The Hall–Kier alpha value is -1.72. The molecule has 100 valence electrons. The summed E-state index contributed by atoms with van der Waals surface area (Å²) in [4.78, 5) is 4.49. The lowest BCUT2D eigenvalue weighted by Crippen LogP contribution is -2.42. The Morgan fingerprint density at radius 3 is 2.95 bits per heavy atom. The Morgan fingerprint density at radius 1 is 1.42 bits per heavy atom. The molecule has 2 heterocycles. The van der Waals surface area contributed by atoms with Crippen molar-refractivity contribution in [3.8, 4) is 11.4 Å². The van der Waals surface area contributed by atoms with E-state index in [1.54, 1.807) is 0 Å². The van der Waals surface area contributed by atoms with Gasteiger partial charge in [0, 0.05) is 11.6 Å². The molecule has 5 nitrogen and oxygen atoms in total. The van der Waals surface area contributed by atoms with Gasteiger partial charge in [-0.25, -0.2) is 0 Å². The molecule has 0 saturated carbocycles. The van der Waals surface area contributed by atoms with E-state index in [-0.39, 0.29) is 6.04 Å². The number of benzene rings is 1. The number of aromatic nitrogens is 2. The molecule has 1 aromatic carbocycles. The van der Waals surface area contributed by atoms with Crippen molar-refractivity contribution >= 4 is 0 Å². The van der Waals surface area contributed by atoms with Crippen molar-refractivity contribution < 1.29 is 9.26 Å². The first-order valence-corrected chi connectivity index (χ1v) is 6.34. The lowest BCUT2D eigenvalue weighted by Gasteiger charge is -2.21. The zero-order chi connectivity index (χ0) is 13.5. The lowest BCUT2D eigenvalue weighted by molar-refractivity contribution is 0.169. The van der Waals surface area contributed by atoms with Gasteiger partial charge in [0.15, 0.2) is 0 Å². The third-order valence-corrected chi connectivity index (χ3v) is 3.71.